The molecule has 4 aromatic rings. The van der Waals surface area contributed by atoms with Crippen molar-refractivity contribution in [1.29, 1.82) is 0 Å². The van der Waals surface area contributed by atoms with E-state index >= 15 is 0 Å². The molecule has 0 saturated carbocycles. The van der Waals surface area contributed by atoms with Crippen LogP contribution in [0.15, 0.2) is 72.8 Å². The number of nitrogens with one attached hydrogen (secondary N) is 2. The van der Waals surface area contributed by atoms with E-state index in [1.807, 2.05) is 48.5 Å². The van der Waals surface area contributed by atoms with Crippen LogP contribution in [0.3, 0.4) is 0 Å². The van der Waals surface area contributed by atoms with Crippen molar-refractivity contribution in [1.82, 2.24) is 19.8 Å². The van der Waals surface area contributed by atoms with Crippen molar-refractivity contribution in [2.24, 2.45) is 0 Å². The van der Waals surface area contributed by atoms with Gasteiger partial charge in [-0.25, -0.2) is 8.78 Å². The predicted molar refractivity (Wildman–Crippen MR) is 108 cm³/mol. The fourth-order valence-corrected chi connectivity index (χ4v) is 3.01. The number of aromatic nitrogens is 4. The summed E-state index contributed by atoms with van der Waals surface area (Å²) in [5.74, 6) is -0.569. The SMILES string of the molecule is O=C(Nc1ccccc1)[C@@H](Cc1ccccc1)Nc1ccc2nnc(C(F)F)n2n1. The monoisotopic (exact) mass is 408 g/mol. The lowest BCUT2D eigenvalue weighted by atomic mass is 10.1. The minimum atomic E-state index is -2.82. The predicted octanol–water partition coefficient (Wildman–Crippen LogP) is 3.72. The molecule has 0 aliphatic rings. The third kappa shape index (κ3) is 4.40. The minimum Gasteiger partial charge on any atom is -0.357 e. The van der Waals surface area contributed by atoms with Crippen LogP contribution in [0.5, 0.6) is 0 Å². The number of para-hydroxylation sites is 1. The van der Waals surface area contributed by atoms with Gasteiger partial charge in [0.25, 0.3) is 6.43 Å². The second-order valence-electron chi connectivity index (χ2n) is 6.59. The number of hydrogen-bond acceptors (Lipinski definition) is 5. The highest BCUT2D eigenvalue weighted by Gasteiger charge is 2.21. The average molecular weight is 408 g/mol. The summed E-state index contributed by atoms with van der Waals surface area (Å²) in [5.41, 5.74) is 1.80. The third-order valence-electron chi connectivity index (χ3n) is 4.44. The Labute approximate surface area is 170 Å². The second kappa shape index (κ2) is 8.64. The molecular weight excluding hydrogens is 390 g/mol. The highest BCUT2D eigenvalue weighted by molar-refractivity contribution is 5.96. The molecule has 7 nitrogen and oxygen atoms in total. The average Bonchev–Trinajstić information content (AvgIpc) is 3.18. The van der Waals surface area contributed by atoms with Crippen molar-refractivity contribution in [2.45, 2.75) is 18.9 Å². The molecule has 4 rings (SSSR count). The highest BCUT2D eigenvalue weighted by Crippen LogP contribution is 2.18. The van der Waals surface area contributed by atoms with E-state index in [0.29, 0.717) is 12.1 Å². The van der Waals surface area contributed by atoms with Crippen molar-refractivity contribution in [3.05, 3.63) is 84.2 Å². The van der Waals surface area contributed by atoms with Crippen molar-refractivity contribution in [2.75, 3.05) is 10.6 Å². The Morgan fingerprint density at radius 2 is 1.63 bits per heavy atom. The van der Waals surface area contributed by atoms with E-state index in [2.05, 4.69) is 25.9 Å². The summed E-state index contributed by atoms with van der Waals surface area (Å²) in [6.45, 7) is 0. The van der Waals surface area contributed by atoms with Crippen LogP contribution in [0.4, 0.5) is 20.3 Å². The van der Waals surface area contributed by atoms with Crippen LogP contribution in [-0.2, 0) is 11.2 Å². The highest BCUT2D eigenvalue weighted by atomic mass is 19.3. The number of alkyl halides is 2. The molecule has 0 aliphatic heterocycles. The van der Waals surface area contributed by atoms with Gasteiger partial charge in [0.15, 0.2) is 5.65 Å². The second-order valence-corrected chi connectivity index (χ2v) is 6.59. The molecule has 9 heteroatoms. The van der Waals surface area contributed by atoms with E-state index in [9.17, 15) is 13.6 Å². The summed E-state index contributed by atoms with van der Waals surface area (Å²) in [6, 6.07) is 21.0. The van der Waals surface area contributed by atoms with E-state index in [0.717, 1.165) is 10.1 Å². The maximum Gasteiger partial charge on any atom is 0.299 e. The van der Waals surface area contributed by atoms with Crippen molar-refractivity contribution < 1.29 is 13.6 Å². The van der Waals surface area contributed by atoms with Gasteiger partial charge in [-0.1, -0.05) is 48.5 Å². The van der Waals surface area contributed by atoms with Gasteiger partial charge in [-0.2, -0.15) is 4.52 Å². The molecule has 1 amide bonds. The number of carbonyl (C=O) groups is 1. The summed E-state index contributed by atoms with van der Waals surface area (Å²) in [5, 5.41) is 17.2. The zero-order valence-corrected chi connectivity index (χ0v) is 15.7. The van der Waals surface area contributed by atoms with Gasteiger partial charge in [0.2, 0.25) is 11.7 Å². The first-order valence-electron chi connectivity index (χ1n) is 9.27. The fraction of sp³-hybridized carbons (Fsp3) is 0.143. The molecule has 2 aromatic carbocycles. The molecule has 0 spiro atoms. The van der Waals surface area contributed by atoms with Gasteiger partial charge in [-0.3, -0.25) is 4.79 Å². The van der Waals surface area contributed by atoms with Gasteiger partial charge in [-0.05, 0) is 29.8 Å². The molecule has 0 saturated heterocycles. The van der Waals surface area contributed by atoms with Crippen LogP contribution in [0.1, 0.15) is 17.8 Å². The molecule has 0 fully saturated rings. The quantitative estimate of drug-likeness (QED) is 0.487. The third-order valence-corrected chi connectivity index (χ3v) is 4.44. The Morgan fingerprint density at radius 3 is 2.33 bits per heavy atom. The first-order chi connectivity index (χ1) is 14.6. The van der Waals surface area contributed by atoms with Crippen LogP contribution in [0.25, 0.3) is 5.65 Å². The molecule has 152 valence electrons. The lowest BCUT2D eigenvalue weighted by Crippen LogP contribution is -2.37. The minimum absolute atomic E-state index is 0.198. The summed E-state index contributed by atoms with van der Waals surface area (Å²) in [4.78, 5) is 13.0. The number of rotatable bonds is 7. The van der Waals surface area contributed by atoms with Crippen LogP contribution in [-0.4, -0.2) is 31.8 Å². The number of halogens is 2. The number of carbonyl (C=O) groups excluding carboxylic acids is 1. The van der Waals surface area contributed by atoms with E-state index < -0.39 is 18.3 Å². The number of benzene rings is 2. The molecule has 1 atom stereocenters. The Hall–Kier alpha value is -3.88. The van der Waals surface area contributed by atoms with E-state index in [1.165, 1.54) is 6.07 Å². The molecule has 2 aromatic heterocycles. The van der Waals surface area contributed by atoms with Crippen LogP contribution in [0.2, 0.25) is 0 Å². The summed E-state index contributed by atoms with van der Waals surface area (Å²) in [7, 11) is 0. The first-order valence-corrected chi connectivity index (χ1v) is 9.27. The van der Waals surface area contributed by atoms with E-state index in [1.54, 1.807) is 18.2 Å². The Morgan fingerprint density at radius 1 is 0.933 bits per heavy atom. The standard InChI is InChI=1S/C21H18F2N6O/c22-19(23)20-27-26-18-12-11-17(28-29(18)20)25-16(13-14-7-3-1-4-8-14)21(30)24-15-9-5-2-6-10-15/h1-12,16,19H,13H2,(H,24,30)(H,25,28)/t16-/m1/s1. The Kier molecular flexibility index (Phi) is 5.60. The molecule has 2 N–H and O–H groups in total. The normalized spacial score (nSPS) is 12.1. The molecule has 0 bridgehead atoms. The number of anilines is 2. The van der Waals surface area contributed by atoms with Gasteiger partial charge in [-0.15, -0.1) is 15.3 Å². The zero-order chi connectivity index (χ0) is 20.9. The smallest absolute Gasteiger partial charge is 0.299 e. The van der Waals surface area contributed by atoms with Crippen molar-refractivity contribution in [3.8, 4) is 0 Å². The summed E-state index contributed by atoms with van der Waals surface area (Å²) < 4.78 is 27.2. The molecule has 30 heavy (non-hydrogen) atoms. The maximum atomic E-state index is 13.1. The van der Waals surface area contributed by atoms with Gasteiger partial charge in [0.05, 0.1) is 0 Å². The van der Waals surface area contributed by atoms with E-state index in [-0.39, 0.29) is 17.4 Å². The number of hydrogen-bond donors (Lipinski definition) is 2. The Bertz CT molecular complexity index is 1130. The molecule has 2 heterocycles. The maximum absolute atomic E-state index is 13.1. The molecule has 0 unspecified atom stereocenters. The van der Waals surface area contributed by atoms with Crippen LogP contribution >= 0.6 is 0 Å². The zero-order valence-electron chi connectivity index (χ0n) is 15.7. The lowest BCUT2D eigenvalue weighted by Gasteiger charge is -2.19. The largest absolute Gasteiger partial charge is 0.357 e. The number of amides is 1. The summed E-state index contributed by atoms with van der Waals surface area (Å²) in [6.07, 6.45) is -2.44. The summed E-state index contributed by atoms with van der Waals surface area (Å²) >= 11 is 0. The van der Waals surface area contributed by atoms with Gasteiger partial charge in [0, 0.05) is 12.1 Å². The van der Waals surface area contributed by atoms with E-state index in [4.69, 9.17) is 0 Å². The number of fused-ring (bicyclic) bond motifs is 1. The fourth-order valence-electron chi connectivity index (χ4n) is 3.01. The van der Waals surface area contributed by atoms with Crippen molar-refractivity contribution in [3.63, 3.8) is 0 Å². The van der Waals surface area contributed by atoms with Gasteiger partial charge >= 0.3 is 0 Å². The van der Waals surface area contributed by atoms with Crippen LogP contribution in [0, 0.1) is 0 Å². The number of nitrogens with zero attached hydrogens (tertiary/aromatic N) is 4. The topological polar surface area (TPSA) is 84.2 Å². The van der Waals surface area contributed by atoms with Gasteiger partial charge < -0.3 is 10.6 Å². The first kappa shape index (κ1) is 19.4. The van der Waals surface area contributed by atoms with Crippen molar-refractivity contribution >= 4 is 23.1 Å². The van der Waals surface area contributed by atoms with Gasteiger partial charge in [0.1, 0.15) is 11.9 Å². The molecule has 0 aliphatic carbocycles. The van der Waals surface area contributed by atoms with Crippen LogP contribution < -0.4 is 10.6 Å². The molecule has 0 radical (unpaired) electrons. The Balaban J connectivity index is 1.61. The lowest BCUT2D eigenvalue weighted by molar-refractivity contribution is -0.116. The molecular formula is C21H18F2N6O.